The predicted octanol–water partition coefficient (Wildman–Crippen LogP) is 4.65. The molecule has 0 N–H and O–H groups in total. The number of halogens is 1. The number of hydrogen-bond acceptors (Lipinski definition) is 5. The maximum absolute atomic E-state index is 6.22. The largest absolute Gasteiger partial charge is 0.370 e. The van der Waals surface area contributed by atoms with Crippen molar-refractivity contribution in [2.24, 2.45) is 0 Å². The number of benzene rings is 1. The molecule has 1 aliphatic heterocycles. The van der Waals surface area contributed by atoms with Crippen molar-refractivity contribution in [3.63, 3.8) is 0 Å². The molecule has 2 atom stereocenters. The molecule has 0 radical (unpaired) electrons. The van der Waals surface area contributed by atoms with E-state index in [2.05, 4.69) is 22.9 Å². The number of pyridine rings is 1. The Labute approximate surface area is 175 Å². The lowest BCUT2D eigenvalue weighted by Gasteiger charge is -2.40. The van der Waals surface area contributed by atoms with E-state index < -0.39 is 0 Å². The first-order valence-electron chi connectivity index (χ1n) is 10.1. The Morgan fingerprint density at radius 3 is 2.79 bits per heavy atom. The molecule has 3 heterocycles. The minimum Gasteiger partial charge on any atom is -0.370 e. The molecule has 0 spiro atoms. The van der Waals surface area contributed by atoms with Crippen molar-refractivity contribution in [2.45, 2.75) is 38.3 Å². The molecule has 0 saturated carbocycles. The Hall–Kier alpha value is -2.50. The molecule has 0 amide bonds. The van der Waals surface area contributed by atoms with Gasteiger partial charge < -0.3 is 9.64 Å². The summed E-state index contributed by atoms with van der Waals surface area (Å²) in [5.74, 6) is 1.84. The normalized spacial score (nSPS) is 21.2. The van der Waals surface area contributed by atoms with Gasteiger partial charge in [-0.15, -0.1) is 0 Å². The van der Waals surface area contributed by atoms with Gasteiger partial charge >= 0.3 is 0 Å². The third-order valence-electron chi connectivity index (χ3n) is 5.78. The summed E-state index contributed by atoms with van der Waals surface area (Å²) in [6, 6.07) is 12.1. The fraction of sp³-hybridized carbons (Fsp3) is 0.348. The average molecular weight is 407 g/mol. The molecule has 1 fully saturated rings. The smallest absolute Gasteiger partial charge is 0.161 e. The fourth-order valence-corrected chi connectivity index (χ4v) is 4.44. The SMILES string of the molecule is CC1COC(c2cccc(Cl)c2)CN1c1nc(-c2ccncc2)nc2c1CCC2. The van der Waals surface area contributed by atoms with E-state index in [1.165, 1.54) is 11.3 Å². The Kier molecular flexibility index (Phi) is 4.94. The molecule has 3 aromatic rings. The molecule has 1 saturated heterocycles. The van der Waals surface area contributed by atoms with E-state index >= 15 is 0 Å². The first-order valence-corrected chi connectivity index (χ1v) is 10.5. The molecule has 29 heavy (non-hydrogen) atoms. The summed E-state index contributed by atoms with van der Waals surface area (Å²) in [5.41, 5.74) is 4.58. The molecule has 6 heteroatoms. The van der Waals surface area contributed by atoms with Gasteiger partial charge in [-0.1, -0.05) is 23.7 Å². The van der Waals surface area contributed by atoms with E-state index in [0.717, 1.165) is 53.6 Å². The molecule has 2 aromatic heterocycles. The maximum atomic E-state index is 6.22. The molecule has 2 aliphatic rings. The third-order valence-corrected chi connectivity index (χ3v) is 6.01. The highest BCUT2D eigenvalue weighted by Crippen LogP contribution is 2.36. The van der Waals surface area contributed by atoms with E-state index in [-0.39, 0.29) is 12.1 Å². The first-order chi connectivity index (χ1) is 14.2. The van der Waals surface area contributed by atoms with Crippen LogP contribution in [0.3, 0.4) is 0 Å². The molecular formula is C23H23ClN4O. The minimum absolute atomic E-state index is 0.0266. The molecule has 5 nitrogen and oxygen atoms in total. The van der Waals surface area contributed by atoms with Crippen molar-refractivity contribution in [2.75, 3.05) is 18.1 Å². The second-order valence-corrected chi connectivity index (χ2v) is 8.20. The van der Waals surface area contributed by atoms with Crippen LogP contribution >= 0.6 is 11.6 Å². The van der Waals surface area contributed by atoms with Gasteiger partial charge in [-0.25, -0.2) is 9.97 Å². The lowest BCUT2D eigenvalue weighted by molar-refractivity contribution is 0.0212. The van der Waals surface area contributed by atoms with Crippen LogP contribution in [0.1, 0.15) is 36.3 Å². The summed E-state index contributed by atoms with van der Waals surface area (Å²) in [4.78, 5) is 16.4. The Balaban J connectivity index is 1.54. The van der Waals surface area contributed by atoms with Gasteiger partial charge in [0.05, 0.1) is 19.2 Å². The number of aryl methyl sites for hydroxylation is 1. The van der Waals surface area contributed by atoms with E-state index in [9.17, 15) is 0 Å². The van der Waals surface area contributed by atoms with Crippen LogP contribution in [0, 0.1) is 0 Å². The van der Waals surface area contributed by atoms with E-state index in [1.54, 1.807) is 12.4 Å². The zero-order valence-electron chi connectivity index (χ0n) is 16.4. The Morgan fingerprint density at radius 2 is 1.97 bits per heavy atom. The first kappa shape index (κ1) is 18.5. The zero-order chi connectivity index (χ0) is 19.8. The van der Waals surface area contributed by atoms with Gasteiger partial charge in [-0.05, 0) is 56.0 Å². The number of fused-ring (bicyclic) bond motifs is 1. The van der Waals surface area contributed by atoms with Crippen molar-refractivity contribution in [1.82, 2.24) is 15.0 Å². The highest BCUT2D eigenvalue weighted by atomic mass is 35.5. The molecule has 148 valence electrons. The van der Waals surface area contributed by atoms with Crippen LogP contribution in [-0.2, 0) is 17.6 Å². The van der Waals surface area contributed by atoms with Crippen molar-refractivity contribution in [3.8, 4) is 11.4 Å². The van der Waals surface area contributed by atoms with Crippen LogP contribution in [0.25, 0.3) is 11.4 Å². The van der Waals surface area contributed by atoms with Crippen LogP contribution in [0.4, 0.5) is 5.82 Å². The summed E-state index contributed by atoms with van der Waals surface area (Å²) < 4.78 is 6.17. The van der Waals surface area contributed by atoms with E-state index in [0.29, 0.717) is 6.61 Å². The summed E-state index contributed by atoms with van der Waals surface area (Å²) in [6.07, 6.45) is 6.73. The van der Waals surface area contributed by atoms with Gasteiger partial charge in [-0.3, -0.25) is 4.98 Å². The highest BCUT2D eigenvalue weighted by molar-refractivity contribution is 6.30. The van der Waals surface area contributed by atoms with Crippen LogP contribution in [0.5, 0.6) is 0 Å². The third kappa shape index (κ3) is 3.61. The topological polar surface area (TPSA) is 51.1 Å². The van der Waals surface area contributed by atoms with Gasteiger partial charge in [0.2, 0.25) is 0 Å². The molecule has 0 bridgehead atoms. The lowest BCUT2D eigenvalue weighted by Crippen LogP contribution is -2.46. The number of anilines is 1. The van der Waals surface area contributed by atoms with Crippen LogP contribution in [0.2, 0.25) is 5.02 Å². The van der Waals surface area contributed by atoms with Gasteiger partial charge in [0.25, 0.3) is 0 Å². The number of hydrogen-bond donors (Lipinski definition) is 0. The number of rotatable bonds is 3. The second-order valence-electron chi connectivity index (χ2n) is 7.76. The summed E-state index contributed by atoms with van der Waals surface area (Å²) >= 11 is 6.22. The molecular weight excluding hydrogens is 384 g/mol. The maximum Gasteiger partial charge on any atom is 0.161 e. The number of ether oxygens (including phenoxy) is 1. The van der Waals surface area contributed by atoms with E-state index in [4.69, 9.17) is 26.3 Å². The van der Waals surface area contributed by atoms with Crippen molar-refractivity contribution >= 4 is 17.4 Å². The standard InChI is InChI=1S/C23H23ClN4O/c1-15-14-29-21(17-4-2-5-18(24)12-17)13-28(15)23-19-6-3-7-20(19)26-22(27-23)16-8-10-25-11-9-16/h2,4-5,8-12,15,21H,3,6-7,13-14H2,1H3. The average Bonchev–Trinajstić information content (AvgIpc) is 3.23. The zero-order valence-corrected chi connectivity index (χ0v) is 17.1. The Bertz CT molecular complexity index is 1030. The summed E-state index contributed by atoms with van der Waals surface area (Å²) in [5, 5.41) is 0.735. The van der Waals surface area contributed by atoms with Crippen molar-refractivity contribution in [3.05, 3.63) is 70.6 Å². The molecule has 1 aromatic carbocycles. The lowest BCUT2D eigenvalue weighted by atomic mass is 10.0. The van der Waals surface area contributed by atoms with Crippen molar-refractivity contribution < 1.29 is 4.74 Å². The molecule has 2 unspecified atom stereocenters. The van der Waals surface area contributed by atoms with Crippen LogP contribution < -0.4 is 4.90 Å². The van der Waals surface area contributed by atoms with Gasteiger partial charge in [0, 0.05) is 34.2 Å². The summed E-state index contributed by atoms with van der Waals surface area (Å²) in [7, 11) is 0. The van der Waals surface area contributed by atoms with Gasteiger partial charge in [0.15, 0.2) is 5.82 Å². The number of nitrogens with zero attached hydrogens (tertiary/aromatic N) is 4. The van der Waals surface area contributed by atoms with Gasteiger partial charge in [-0.2, -0.15) is 0 Å². The summed E-state index contributed by atoms with van der Waals surface area (Å²) in [6.45, 7) is 3.60. The number of morpholine rings is 1. The van der Waals surface area contributed by atoms with Crippen LogP contribution in [-0.4, -0.2) is 34.1 Å². The highest BCUT2D eigenvalue weighted by Gasteiger charge is 2.32. The monoisotopic (exact) mass is 406 g/mol. The van der Waals surface area contributed by atoms with Crippen molar-refractivity contribution in [1.29, 1.82) is 0 Å². The minimum atomic E-state index is -0.0266. The van der Waals surface area contributed by atoms with Crippen LogP contribution in [0.15, 0.2) is 48.8 Å². The molecule has 1 aliphatic carbocycles. The molecule has 5 rings (SSSR count). The predicted molar refractivity (Wildman–Crippen MR) is 114 cm³/mol. The fourth-order valence-electron chi connectivity index (χ4n) is 4.24. The van der Waals surface area contributed by atoms with Gasteiger partial charge in [0.1, 0.15) is 11.9 Å². The Morgan fingerprint density at radius 1 is 1.10 bits per heavy atom. The number of aromatic nitrogens is 3. The second kappa shape index (κ2) is 7.73. The van der Waals surface area contributed by atoms with E-state index in [1.807, 2.05) is 30.3 Å². The quantitative estimate of drug-likeness (QED) is 0.633.